The molecule has 0 aliphatic carbocycles. The van der Waals surface area contributed by atoms with Crippen LogP contribution in [0.4, 0.5) is 5.69 Å². The van der Waals surface area contributed by atoms with Crippen molar-refractivity contribution in [3.63, 3.8) is 0 Å². The Bertz CT molecular complexity index is 667. The number of rotatable bonds is 5. The van der Waals surface area contributed by atoms with Crippen molar-refractivity contribution in [2.75, 3.05) is 31.6 Å². The Morgan fingerprint density at radius 3 is 2.61 bits per heavy atom. The van der Waals surface area contributed by atoms with Crippen molar-refractivity contribution >= 4 is 21.6 Å². The van der Waals surface area contributed by atoms with Crippen LogP contribution in [0.3, 0.4) is 0 Å². The van der Waals surface area contributed by atoms with E-state index < -0.39 is 10.0 Å². The monoisotopic (exact) mass is 340 g/mol. The van der Waals surface area contributed by atoms with E-state index in [1.54, 1.807) is 18.2 Å². The van der Waals surface area contributed by atoms with Crippen LogP contribution >= 0.6 is 0 Å². The zero-order valence-corrected chi connectivity index (χ0v) is 14.6. The SMILES string of the molecule is CCC(C)C(=O)Nc1cc(S(=O)(=O)N2CCOCC2)ccc1C. The zero-order chi connectivity index (χ0) is 17.0. The number of carbonyl (C=O) groups excluding carboxylic acids is 1. The minimum absolute atomic E-state index is 0.100. The van der Waals surface area contributed by atoms with Crippen LogP contribution in [-0.2, 0) is 19.6 Å². The number of aryl methyl sites for hydroxylation is 1. The second-order valence-corrected chi connectivity index (χ2v) is 7.73. The highest BCUT2D eigenvalue weighted by atomic mass is 32.2. The molecule has 6 nitrogen and oxygen atoms in total. The van der Waals surface area contributed by atoms with Crippen LogP contribution < -0.4 is 5.32 Å². The largest absolute Gasteiger partial charge is 0.379 e. The standard InChI is InChI=1S/C16H24N2O4S/c1-4-12(2)16(19)17-15-11-14(6-5-13(15)3)23(20,21)18-7-9-22-10-8-18/h5-6,11-12H,4,7-10H2,1-3H3,(H,17,19). The van der Waals surface area contributed by atoms with Gasteiger partial charge in [-0.1, -0.05) is 19.9 Å². The molecule has 0 bridgehead atoms. The molecule has 1 aliphatic heterocycles. The first-order valence-corrected chi connectivity index (χ1v) is 9.29. The number of ether oxygens (including phenoxy) is 1. The first-order chi connectivity index (χ1) is 10.9. The first-order valence-electron chi connectivity index (χ1n) is 7.85. The second kappa shape index (κ2) is 7.42. The van der Waals surface area contributed by atoms with E-state index in [0.717, 1.165) is 12.0 Å². The number of morpholine rings is 1. The van der Waals surface area contributed by atoms with Crippen LogP contribution in [0, 0.1) is 12.8 Å². The maximum Gasteiger partial charge on any atom is 0.243 e. The van der Waals surface area contributed by atoms with Crippen molar-refractivity contribution in [3.8, 4) is 0 Å². The predicted molar refractivity (Wildman–Crippen MR) is 88.8 cm³/mol. The summed E-state index contributed by atoms with van der Waals surface area (Å²) in [4.78, 5) is 12.3. The summed E-state index contributed by atoms with van der Waals surface area (Å²) < 4.78 is 32.0. The summed E-state index contributed by atoms with van der Waals surface area (Å²) in [5.74, 6) is -0.217. The highest BCUT2D eigenvalue weighted by Crippen LogP contribution is 2.24. The molecule has 1 saturated heterocycles. The fourth-order valence-electron chi connectivity index (χ4n) is 2.27. The molecule has 1 unspecified atom stereocenters. The van der Waals surface area contributed by atoms with Crippen molar-refractivity contribution in [2.45, 2.75) is 32.1 Å². The molecule has 2 rings (SSSR count). The van der Waals surface area contributed by atoms with Crippen LogP contribution in [0.2, 0.25) is 0 Å². The summed E-state index contributed by atoms with van der Waals surface area (Å²) in [5, 5.41) is 2.83. The van der Waals surface area contributed by atoms with E-state index in [9.17, 15) is 13.2 Å². The third-order valence-electron chi connectivity index (χ3n) is 4.13. The molecule has 0 saturated carbocycles. The molecule has 128 valence electrons. The molecule has 1 amide bonds. The van der Waals surface area contributed by atoms with Crippen molar-refractivity contribution in [1.82, 2.24) is 4.31 Å². The van der Waals surface area contributed by atoms with Gasteiger partial charge in [-0.3, -0.25) is 4.79 Å². The number of hydrogen-bond donors (Lipinski definition) is 1. The van der Waals surface area contributed by atoms with E-state index in [0.29, 0.717) is 32.0 Å². The third-order valence-corrected chi connectivity index (χ3v) is 6.03. The molecular weight excluding hydrogens is 316 g/mol. The molecule has 0 radical (unpaired) electrons. The van der Waals surface area contributed by atoms with Gasteiger partial charge in [0, 0.05) is 24.7 Å². The molecule has 1 heterocycles. The van der Waals surface area contributed by atoms with Gasteiger partial charge in [0.05, 0.1) is 18.1 Å². The van der Waals surface area contributed by atoms with E-state index >= 15 is 0 Å². The minimum Gasteiger partial charge on any atom is -0.379 e. The molecule has 1 aromatic rings. The Labute approximate surface area is 137 Å². The summed E-state index contributed by atoms with van der Waals surface area (Å²) >= 11 is 0. The maximum absolute atomic E-state index is 12.7. The lowest BCUT2D eigenvalue weighted by Crippen LogP contribution is -2.40. The molecule has 0 aromatic heterocycles. The lowest BCUT2D eigenvalue weighted by atomic mass is 10.1. The Kier molecular flexibility index (Phi) is 5.78. The number of nitrogens with zero attached hydrogens (tertiary/aromatic N) is 1. The minimum atomic E-state index is -3.56. The van der Waals surface area contributed by atoms with Gasteiger partial charge >= 0.3 is 0 Å². The van der Waals surface area contributed by atoms with E-state index in [1.807, 2.05) is 20.8 Å². The van der Waals surface area contributed by atoms with Gasteiger partial charge in [0.25, 0.3) is 0 Å². The highest BCUT2D eigenvalue weighted by Gasteiger charge is 2.27. The molecule has 1 fully saturated rings. The first kappa shape index (κ1) is 17.9. The lowest BCUT2D eigenvalue weighted by Gasteiger charge is -2.26. The number of carbonyl (C=O) groups is 1. The van der Waals surface area contributed by atoms with Crippen LogP contribution in [0.15, 0.2) is 23.1 Å². The van der Waals surface area contributed by atoms with Gasteiger partial charge in [0.15, 0.2) is 0 Å². The van der Waals surface area contributed by atoms with Gasteiger partial charge in [0.1, 0.15) is 0 Å². The molecule has 1 aromatic carbocycles. The topological polar surface area (TPSA) is 75.7 Å². The molecule has 7 heteroatoms. The summed E-state index contributed by atoms with van der Waals surface area (Å²) in [7, 11) is -3.56. The fraction of sp³-hybridized carbons (Fsp3) is 0.562. The van der Waals surface area contributed by atoms with Crippen LogP contribution in [-0.4, -0.2) is 44.9 Å². The van der Waals surface area contributed by atoms with E-state index in [1.165, 1.54) is 4.31 Å². The Morgan fingerprint density at radius 2 is 2.00 bits per heavy atom. The van der Waals surface area contributed by atoms with Gasteiger partial charge in [-0.05, 0) is 31.0 Å². The Morgan fingerprint density at radius 1 is 1.35 bits per heavy atom. The molecule has 0 spiro atoms. The van der Waals surface area contributed by atoms with Crippen molar-refractivity contribution in [2.24, 2.45) is 5.92 Å². The van der Waals surface area contributed by atoms with Crippen LogP contribution in [0.5, 0.6) is 0 Å². The lowest BCUT2D eigenvalue weighted by molar-refractivity contribution is -0.119. The van der Waals surface area contributed by atoms with E-state index in [4.69, 9.17) is 4.74 Å². The van der Waals surface area contributed by atoms with Crippen molar-refractivity contribution in [3.05, 3.63) is 23.8 Å². The number of sulfonamides is 1. The van der Waals surface area contributed by atoms with Crippen molar-refractivity contribution < 1.29 is 17.9 Å². The smallest absolute Gasteiger partial charge is 0.243 e. The molecule has 1 N–H and O–H groups in total. The average Bonchev–Trinajstić information content (AvgIpc) is 2.56. The molecule has 1 atom stereocenters. The van der Waals surface area contributed by atoms with Crippen LogP contribution in [0.1, 0.15) is 25.8 Å². The molecular formula is C16H24N2O4S. The molecule has 23 heavy (non-hydrogen) atoms. The maximum atomic E-state index is 12.7. The zero-order valence-electron chi connectivity index (χ0n) is 13.8. The van der Waals surface area contributed by atoms with Crippen molar-refractivity contribution in [1.29, 1.82) is 0 Å². The summed E-state index contributed by atoms with van der Waals surface area (Å²) in [5.41, 5.74) is 1.38. The summed E-state index contributed by atoms with van der Waals surface area (Å²) in [6.45, 7) is 7.15. The summed E-state index contributed by atoms with van der Waals surface area (Å²) in [6, 6.07) is 4.85. The van der Waals surface area contributed by atoms with Gasteiger partial charge in [-0.2, -0.15) is 4.31 Å². The van der Waals surface area contributed by atoms with Gasteiger partial charge in [0.2, 0.25) is 15.9 Å². The van der Waals surface area contributed by atoms with Crippen LogP contribution in [0.25, 0.3) is 0 Å². The van der Waals surface area contributed by atoms with E-state index in [2.05, 4.69) is 5.32 Å². The Balaban J connectivity index is 2.27. The summed E-state index contributed by atoms with van der Waals surface area (Å²) in [6.07, 6.45) is 0.733. The Hall–Kier alpha value is -1.44. The van der Waals surface area contributed by atoms with Gasteiger partial charge in [-0.25, -0.2) is 8.42 Å². The normalized spacial score (nSPS) is 17.7. The second-order valence-electron chi connectivity index (χ2n) is 5.79. The van der Waals surface area contributed by atoms with Gasteiger partial charge in [-0.15, -0.1) is 0 Å². The predicted octanol–water partition coefficient (Wildman–Crippen LogP) is 2.00. The number of nitrogens with one attached hydrogen (secondary N) is 1. The quantitative estimate of drug-likeness (QED) is 0.889. The highest BCUT2D eigenvalue weighted by molar-refractivity contribution is 7.89. The third kappa shape index (κ3) is 4.10. The average molecular weight is 340 g/mol. The molecule has 1 aliphatic rings. The fourth-order valence-corrected chi connectivity index (χ4v) is 3.71. The number of anilines is 1. The van der Waals surface area contributed by atoms with Gasteiger partial charge < -0.3 is 10.1 Å². The number of hydrogen-bond acceptors (Lipinski definition) is 4. The number of benzene rings is 1. The van der Waals surface area contributed by atoms with E-state index in [-0.39, 0.29) is 16.7 Å². The number of amides is 1.